The molecular weight excluding hydrogens is 476 g/mol. The summed E-state index contributed by atoms with van der Waals surface area (Å²) in [6.45, 7) is 2.78. The molecule has 2 aliphatic heterocycles. The summed E-state index contributed by atoms with van der Waals surface area (Å²) >= 11 is 1.38. The number of hydrogen-bond donors (Lipinski definition) is 4. The highest BCUT2D eigenvalue weighted by Crippen LogP contribution is 2.41. The minimum atomic E-state index is -1.64. The van der Waals surface area contributed by atoms with Crippen LogP contribution in [0.4, 0.5) is 0 Å². The summed E-state index contributed by atoms with van der Waals surface area (Å²) in [5.41, 5.74) is 5.21. The minimum Gasteiger partial charge on any atom is -0.494 e. The first-order valence-corrected chi connectivity index (χ1v) is 11.7. The number of ether oxygens (including phenoxy) is 1. The summed E-state index contributed by atoms with van der Waals surface area (Å²) in [5, 5.41) is 22.3. The normalized spacial score (nSPS) is 20.8. The van der Waals surface area contributed by atoms with E-state index in [0.29, 0.717) is 11.3 Å². The molecule has 2 aromatic rings. The van der Waals surface area contributed by atoms with Crippen LogP contribution in [0.3, 0.4) is 0 Å². The van der Waals surface area contributed by atoms with Crippen molar-refractivity contribution in [1.82, 2.24) is 14.8 Å². The monoisotopic (exact) mass is 500 g/mol. The molecule has 0 spiro atoms. The van der Waals surface area contributed by atoms with Crippen LogP contribution in [0, 0.1) is 5.92 Å². The number of hydrogen-bond acceptors (Lipinski definition) is 8. The number of carboxylic acid groups (broad SMARTS) is 1. The average Bonchev–Trinajstić information content (AvgIpc) is 3.16. The molecule has 1 aromatic heterocycles. The Bertz CT molecular complexity index is 1260. The van der Waals surface area contributed by atoms with Gasteiger partial charge in [0.15, 0.2) is 5.88 Å². The number of carbonyl (C=O) groups excluding carboxylic acids is 3. The molecule has 3 atom stereocenters. The van der Waals surface area contributed by atoms with Gasteiger partial charge in [0, 0.05) is 17.2 Å². The van der Waals surface area contributed by atoms with Gasteiger partial charge in [0.25, 0.3) is 0 Å². The maximum atomic E-state index is 12.8. The fourth-order valence-electron chi connectivity index (χ4n) is 4.04. The first-order chi connectivity index (χ1) is 16.7. The number of aliphatic carboxylic acids is 1. The summed E-state index contributed by atoms with van der Waals surface area (Å²) in [7, 11) is 0. The molecule has 1 saturated heterocycles. The summed E-state index contributed by atoms with van der Waals surface area (Å²) in [4.78, 5) is 49.8. The number of β-lactam (4-membered cyclic amide) rings is 1. The van der Waals surface area contributed by atoms with Crippen LogP contribution in [0.15, 0.2) is 54.8 Å². The van der Waals surface area contributed by atoms with Gasteiger partial charge in [-0.05, 0) is 12.1 Å². The van der Waals surface area contributed by atoms with E-state index in [-0.39, 0.29) is 24.7 Å². The number of thioether (sulfide) groups is 1. The van der Waals surface area contributed by atoms with E-state index in [9.17, 15) is 29.4 Å². The molecule has 3 unspecified atom stereocenters. The predicted molar refractivity (Wildman–Crippen MR) is 127 cm³/mol. The number of aromatic nitrogens is 1. The molecule has 1 fully saturated rings. The highest BCUT2D eigenvalue weighted by molar-refractivity contribution is 8.00. The van der Waals surface area contributed by atoms with E-state index in [2.05, 4.69) is 11.9 Å². The van der Waals surface area contributed by atoms with Crippen LogP contribution >= 0.6 is 11.8 Å². The van der Waals surface area contributed by atoms with Gasteiger partial charge >= 0.3 is 11.9 Å². The first-order valence-electron chi connectivity index (χ1n) is 10.7. The summed E-state index contributed by atoms with van der Waals surface area (Å²) in [5.74, 6) is -3.39. The third-order valence-electron chi connectivity index (χ3n) is 5.99. The molecule has 0 bridgehead atoms. The molecule has 1 aromatic carbocycles. The highest BCUT2D eigenvalue weighted by Gasteiger charge is 2.52. The first kappa shape index (κ1) is 24.4. The Kier molecular flexibility index (Phi) is 6.59. The lowest BCUT2D eigenvalue weighted by atomic mass is 9.97. The molecule has 2 amide bonds. The van der Waals surface area contributed by atoms with Crippen molar-refractivity contribution in [1.29, 1.82) is 0 Å². The molecule has 11 nitrogen and oxygen atoms in total. The number of nitrogens with zero attached hydrogens (tertiary/aromatic N) is 2. The second-order valence-electron chi connectivity index (χ2n) is 8.19. The van der Waals surface area contributed by atoms with E-state index in [1.165, 1.54) is 33.4 Å². The highest BCUT2D eigenvalue weighted by atomic mass is 32.2. The van der Waals surface area contributed by atoms with Crippen LogP contribution < -0.4 is 11.1 Å². The molecular formula is C23H24N4O7S. The molecule has 0 aliphatic carbocycles. The number of esters is 1. The van der Waals surface area contributed by atoms with E-state index in [1.807, 2.05) is 12.1 Å². The number of aromatic hydroxyl groups is 1. The lowest BCUT2D eigenvalue weighted by molar-refractivity contribution is -0.160. The van der Waals surface area contributed by atoms with Crippen molar-refractivity contribution in [3.05, 3.63) is 54.8 Å². The van der Waals surface area contributed by atoms with Gasteiger partial charge in [-0.2, -0.15) is 0 Å². The van der Waals surface area contributed by atoms with Gasteiger partial charge in [0.2, 0.25) is 11.8 Å². The molecule has 0 saturated carbocycles. The molecule has 12 heteroatoms. The predicted octanol–water partition coefficient (Wildman–Crippen LogP) is 0.390. The maximum absolute atomic E-state index is 12.8. The van der Waals surface area contributed by atoms with Gasteiger partial charge in [-0.3, -0.25) is 19.3 Å². The third-order valence-corrected chi connectivity index (χ3v) is 7.23. The standard InChI is InChI=1S/C23H24N4O7S/c1-2-23(24,12-26-15-6-4-3-5-13(15)9-17(26)28)22(33)25-10-18(29)34-11-14-19(30)27-16(21(31)32)7-8-35-20(14)27/h2-7,9,14,20,28H,1,8,10-12,24H2,(H,25,33)(H,31,32). The average molecular weight is 501 g/mol. The van der Waals surface area contributed by atoms with Crippen molar-refractivity contribution < 1.29 is 34.1 Å². The number of benzene rings is 1. The fraction of sp³-hybridized carbons (Fsp3) is 0.304. The Labute approximate surface area is 204 Å². The van der Waals surface area contributed by atoms with Crippen molar-refractivity contribution in [3.8, 4) is 5.88 Å². The number of amides is 2. The Balaban J connectivity index is 1.31. The van der Waals surface area contributed by atoms with Crippen LogP contribution in [-0.2, 0) is 30.5 Å². The number of carboxylic acids is 1. The molecule has 0 radical (unpaired) electrons. The number of carbonyl (C=O) groups is 4. The fourth-order valence-corrected chi connectivity index (χ4v) is 5.29. The van der Waals surface area contributed by atoms with Crippen LogP contribution in [0.2, 0.25) is 0 Å². The van der Waals surface area contributed by atoms with Crippen LogP contribution in [-0.4, -0.2) is 73.3 Å². The second kappa shape index (κ2) is 9.47. The number of fused-ring (bicyclic) bond motifs is 2. The second-order valence-corrected chi connectivity index (χ2v) is 9.34. The SMILES string of the molecule is C=CC(N)(Cn1c(O)cc2ccccc21)C(=O)NCC(=O)OCC1C(=O)N2C(C(=O)O)=CCSC12. The molecule has 184 valence electrons. The van der Waals surface area contributed by atoms with Gasteiger partial charge in [0.05, 0.1) is 17.4 Å². The zero-order chi connectivity index (χ0) is 25.3. The number of para-hydroxylation sites is 1. The molecule has 5 N–H and O–H groups in total. The van der Waals surface area contributed by atoms with Gasteiger partial charge in [-0.25, -0.2) is 4.79 Å². The molecule has 35 heavy (non-hydrogen) atoms. The minimum absolute atomic E-state index is 0.0705. The summed E-state index contributed by atoms with van der Waals surface area (Å²) in [6, 6.07) is 8.74. The smallest absolute Gasteiger partial charge is 0.352 e. The van der Waals surface area contributed by atoms with Gasteiger partial charge in [0.1, 0.15) is 30.3 Å². The van der Waals surface area contributed by atoms with Crippen LogP contribution in [0.25, 0.3) is 10.9 Å². The van der Waals surface area contributed by atoms with Crippen molar-refractivity contribution in [2.24, 2.45) is 11.7 Å². The van der Waals surface area contributed by atoms with Crippen molar-refractivity contribution >= 4 is 46.4 Å². The van der Waals surface area contributed by atoms with Gasteiger partial charge in [-0.1, -0.05) is 24.3 Å². The van der Waals surface area contributed by atoms with E-state index < -0.39 is 47.1 Å². The quantitative estimate of drug-likeness (QED) is 0.217. The number of nitrogens with one attached hydrogen (secondary N) is 1. The topological polar surface area (TPSA) is 164 Å². The van der Waals surface area contributed by atoms with Crippen molar-refractivity contribution in [2.75, 3.05) is 18.9 Å². The summed E-state index contributed by atoms with van der Waals surface area (Å²) in [6.07, 6.45) is 2.70. The molecule has 3 heterocycles. The Morgan fingerprint density at radius 3 is 2.80 bits per heavy atom. The maximum Gasteiger partial charge on any atom is 0.352 e. The Morgan fingerprint density at radius 1 is 1.34 bits per heavy atom. The zero-order valence-corrected chi connectivity index (χ0v) is 19.4. The number of nitrogens with two attached hydrogens (primary N) is 1. The molecule has 4 rings (SSSR count). The van der Waals surface area contributed by atoms with E-state index in [1.54, 1.807) is 18.2 Å². The van der Waals surface area contributed by atoms with Crippen molar-refractivity contribution in [2.45, 2.75) is 17.5 Å². The third kappa shape index (κ3) is 4.49. The van der Waals surface area contributed by atoms with E-state index in [4.69, 9.17) is 10.5 Å². The van der Waals surface area contributed by atoms with E-state index in [0.717, 1.165) is 5.39 Å². The van der Waals surface area contributed by atoms with Crippen LogP contribution in [0.5, 0.6) is 5.88 Å². The Morgan fingerprint density at radius 2 is 2.09 bits per heavy atom. The zero-order valence-electron chi connectivity index (χ0n) is 18.5. The lowest BCUT2D eigenvalue weighted by Crippen LogP contribution is -2.62. The van der Waals surface area contributed by atoms with Crippen molar-refractivity contribution in [3.63, 3.8) is 0 Å². The van der Waals surface area contributed by atoms with Gasteiger partial charge < -0.3 is 30.6 Å². The number of rotatable bonds is 9. The van der Waals surface area contributed by atoms with Crippen LogP contribution in [0.1, 0.15) is 0 Å². The van der Waals surface area contributed by atoms with Gasteiger partial charge in [-0.15, -0.1) is 18.3 Å². The lowest BCUT2D eigenvalue weighted by Gasteiger charge is -2.47. The summed E-state index contributed by atoms with van der Waals surface area (Å²) < 4.78 is 6.62. The molecule has 2 aliphatic rings. The van der Waals surface area contributed by atoms with E-state index >= 15 is 0 Å². The Hall–Kier alpha value is -3.77. The largest absolute Gasteiger partial charge is 0.494 e.